The van der Waals surface area contributed by atoms with Crippen LogP contribution >= 0.6 is 23.5 Å². The molecule has 0 atom stereocenters. The predicted octanol–water partition coefficient (Wildman–Crippen LogP) is 5.78. The second kappa shape index (κ2) is 14.2. The van der Waals surface area contributed by atoms with Crippen LogP contribution < -0.4 is 10.2 Å². The summed E-state index contributed by atoms with van der Waals surface area (Å²) >= 11 is 2.77. The summed E-state index contributed by atoms with van der Waals surface area (Å²) in [5.41, 5.74) is 5.57. The van der Waals surface area contributed by atoms with E-state index in [9.17, 15) is 14.9 Å². The number of para-hydroxylation sites is 1. The SMILES string of the molecule is COc1ccc(/C=N\NC(=O)CSc2nnc(-c3cccc([N+](=O)[O-])c3)n2-c2ccccc2)cc1CSc1ccccn1. The van der Waals surface area contributed by atoms with E-state index < -0.39 is 4.92 Å². The van der Waals surface area contributed by atoms with Crippen LogP contribution in [-0.4, -0.2) is 49.7 Å². The summed E-state index contributed by atoms with van der Waals surface area (Å²) in [6.45, 7) is 0. The Balaban J connectivity index is 1.26. The first-order valence-electron chi connectivity index (χ1n) is 12.9. The Bertz CT molecular complexity index is 1750. The van der Waals surface area contributed by atoms with Gasteiger partial charge >= 0.3 is 0 Å². The lowest BCUT2D eigenvalue weighted by Crippen LogP contribution is -2.20. The van der Waals surface area contributed by atoms with Gasteiger partial charge in [0.15, 0.2) is 11.0 Å². The van der Waals surface area contributed by atoms with Crippen molar-refractivity contribution >= 4 is 41.3 Å². The normalized spacial score (nSPS) is 11.0. The topological polar surface area (TPSA) is 137 Å². The molecule has 0 aliphatic carbocycles. The van der Waals surface area contributed by atoms with Gasteiger partial charge in [0.05, 0.1) is 29.0 Å². The highest BCUT2D eigenvalue weighted by Crippen LogP contribution is 2.30. The number of nitro groups is 1. The number of thioether (sulfide) groups is 2. The van der Waals surface area contributed by atoms with Gasteiger partial charge in [-0.2, -0.15) is 5.10 Å². The molecule has 13 heteroatoms. The number of aromatic nitrogens is 4. The van der Waals surface area contributed by atoms with Crippen molar-refractivity contribution in [1.82, 2.24) is 25.2 Å². The largest absolute Gasteiger partial charge is 0.496 e. The average molecular weight is 612 g/mol. The summed E-state index contributed by atoms with van der Waals surface area (Å²) in [5.74, 6) is 1.53. The number of pyridine rings is 1. The molecule has 0 fully saturated rings. The third kappa shape index (κ3) is 7.64. The van der Waals surface area contributed by atoms with Crippen molar-refractivity contribution in [2.45, 2.75) is 15.9 Å². The minimum absolute atomic E-state index is 0.0197. The highest BCUT2D eigenvalue weighted by atomic mass is 32.2. The first-order chi connectivity index (χ1) is 21.0. The van der Waals surface area contributed by atoms with Crippen LogP contribution in [0.4, 0.5) is 5.69 Å². The number of nitrogens with one attached hydrogen (secondary N) is 1. The van der Waals surface area contributed by atoms with Crippen molar-refractivity contribution in [2.24, 2.45) is 5.10 Å². The van der Waals surface area contributed by atoms with Crippen LogP contribution in [0.15, 0.2) is 112 Å². The summed E-state index contributed by atoms with van der Waals surface area (Å²) in [5, 5.41) is 25.4. The monoisotopic (exact) mass is 611 g/mol. The van der Waals surface area contributed by atoms with Gasteiger partial charge in [-0.1, -0.05) is 48.2 Å². The molecule has 0 radical (unpaired) electrons. The van der Waals surface area contributed by atoms with Crippen LogP contribution in [0.3, 0.4) is 0 Å². The van der Waals surface area contributed by atoms with Gasteiger partial charge < -0.3 is 4.74 Å². The number of rotatable bonds is 12. The smallest absolute Gasteiger partial charge is 0.270 e. The fourth-order valence-corrected chi connectivity index (χ4v) is 5.62. The fourth-order valence-electron chi connectivity index (χ4n) is 4.04. The zero-order chi connectivity index (χ0) is 30.0. The van der Waals surface area contributed by atoms with Gasteiger partial charge in [0, 0.05) is 40.9 Å². The lowest BCUT2D eigenvalue weighted by atomic mass is 10.1. The van der Waals surface area contributed by atoms with Gasteiger partial charge in [0.1, 0.15) is 5.75 Å². The number of hydrogen-bond acceptors (Lipinski definition) is 10. The Morgan fingerprint density at radius 2 is 1.86 bits per heavy atom. The maximum absolute atomic E-state index is 12.7. The predicted molar refractivity (Wildman–Crippen MR) is 167 cm³/mol. The summed E-state index contributed by atoms with van der Waals surface area (Å²) in [6, 6.07) is 27.0. The number of nitrogens with zero attached hydrogens (tertiary/aromatic N) is 6. The molecule has 0 aliphatic heterocycles. The minimum Gasteiger partial charge on any atom is -0.496 e. The number of ether oxygens (including phenoxy) is 1. The van der Waals surface area contributed by atoms with E-state index >= 15 is 0 Å². The van der Waals surface area contributed by atoms with Crippen LogP contribution in [0.25, 0.3) is 17.1 Å². The fraction of sp³-hybridized carbons (Fsp3) is 0.100. The molecule has 0 bridgehead atoms. The van der Waals surface area contributed by atoms with E-state index in [0.29, 0.717) is 22.3 Å². The van der Waals surface area contributed by atoms with Gasteiger partial charge in [-0.05, 0) is 48.0 Å². The highest BCUT2D eigenvalue weighted by Gasteiger charge is 2.19. The van der Waals surface area contributed by atoms with Crippen LogP contribution in [0.5, 0.6) is 5.75 Å². The number of amides is 1. The molecule has 0 aliphatic rings. The second-order valence-electron chi connectivity index (χ2n) is 8.89. The number of carbonyl (C=O) groups excluding carboxylic acids is 1. The third-order valence-corrected chi connectivity index (χ3v) is 7.94. The van der Waals surface area contributed by atoms with Gasteiger partial charge in [-0.15, -0.1) is 22.0 Å². The Hall–Kier alpha value is -5.01. The van der Waals surface area contributed by atoms with E-state index in [1.165, 1.54) is 23.9 Å². The molecule has 1 N–H and O–H groups in total. The quantitative estimate of drug-likeness (QED) is 0.0805. The van der Waals surface area contributed by atoms with Crippen LogP contribution in [0.2, 0.25) is 0 Å². The summed E-state index contributed by atoms with van der Waals surface area (Å²) in [4.78, 5) is 27.9. The van der Waals surface area contributed by atoms with E-state index in [2.05, 4.69) is 25.7 Å². The van der Waals surface area contributed by atoms with Crippen LogP contribution in [0, 0.1) is 10.1 Å². The number of benzene rings is 3. The van der Waals surface area contributed by atoms with Crippen molar-refractivity contribution in [3.8, 4) is 22.8 Å². The molecule has 0 saturated heterocycles. The molecule has 2 heterocycles. The molecule has 0 spiro atoms. The number of nitro benzene ring substituents is 1. The molecule has 2 aromatic heterocycles. The van der Waals surface area contributed by atoms with Gasteiger partial charge in [0.2, 0.25) is 0 Å². The van der Waals surface area contributed by atoms with Crippen LogP contribution in [-0.2, 0) is 10.5 Å². The molecule has 3 aromatic carbocycles. The van der Waals surface area contributed by atoms with Gasteiger partial charge in [-0.25, -0.2) is 10.4 Å². The zero-order valence-electron chi connectivity index (χ0n) is 22.9. The highest BCUT2D eigenvalue weighted by molar-refractivity contribution is 7.99. The van der Waals surface area contributed by atoms with E-state index in [4.69, 9.17) is 4.74 Å². The Morgan fingerprint density at radius 3 is 2.63 bits per heavy atom. The maximum Gasteiger partial charge on any atom is 0.270 e. The van der Waals surface area contributed by atoms with E-state index in [1.54, 1.807) is 48.0 Å². The minimum atomic E-state index is -0.457. The first kappa shape index (κ1) is 29.5. The van der Waals surface area contributed by atoms with E-state index in [1.807, 2.05) is 66.7 Å². The molecule has 11 nitrogen and oxygen atoms in total. The Morgan fingerprint density at radius 1 is 1.02 bits per heavy atom. The van der Waals surface area contributed by atoms with Crippen molar-refractivity contribution in [3.05, 3.63) is 118 Å². The second-order valence-corrected chi connectivity index (χ2v) is 10.8. The molecular weight excluding hydrogens is 587 g/mol. The molecule has 216 valence electrons. The maximum atomic E-state index is 12.7. The first-order valence-corrected chi connectivity index (χ1v) is 14.9. The molecular formula is C30H25N7O4S2. The summed E-state index contributed by atoms with van der Waals surface area (Å²) < 4.78 is 7.27. The molecule has 5 rings (SSSR count). The number of non-ortho nitro benzene ring substituents is 1. The van der Waals surface area contributed by atoms with Crippen LogP contribution in [0.1, 0.15) is 11.1 Å². The van der Waals surface area contributed by atoms with Crippen molar-refractivity contribution in [3.63, 3.8) is 0 Å². The third-order valence-electron chi connectivity index (χ3n) is 6.02. The lowest BCUT2D eigenvalue weighted by Gasteiger charge is -2.10. The average Bonchev–Trinajstić information content (AvgIpc) is 3.48. The molecule has 5 aromatic rings. The van der Waals surface area contributed by atoms with Gasteiger partial charge in [0.25, 0.3) is 11.6 Å². The standard InChI is InChI=1S/C30H25N7O4S2/c1-41-26-14-13-21(16-23(26)19-42-28-12-5-6-15-31-28)18-32-33-27(38)20-43-30-35-34-29(36(30)24-9-3-2-4-10-24)22-8-7-11-25(17-22)37(39)40/h2-18H,19-20H2,1H3,(H,33,38)/b32-18-. The van der Waals surface area contributed by atoms with Crippen molar-refractivity contribution in [2.75, 3.05) is 12.9 Å². The molecule has 0 saturated carbocycles. The Kier molecular flexibility index (Phi) is 9.77. The van der Waals surface area contributed by atoms with Gasteiger partial charge in [-0.3, -0.25) is 19.5 Å². The summed E-state index contributed by atoms with van der Waals surface area (Å²) in [7, 11) is 1.63. The number of hydrazone groups is 1. The number of carbonyl (C=O) groups is 1. The van der Waals surface area contributed by atoms with Crippen molar-refractivity contribution in [1.29, 1.82) is 0 Å². The molecule has 43 heavy (non-hydrogen) atoms. The van der Waals surface area contributed by atoms with E-state index in [-0.39, 0.29) is 17.3 Å². The Labute approximate surface area is 255 Å². The molecule has 1 amide bonds. The summed E-state index contributed by atoms with van der Waals surface area (Å²) in [6.07, 6.45) is 3.33. The van der Waals surface area contributed by atoms with E-state index in [0.717, 1.165) is 27.6 Å². The zero-order valence-corrected chi connectivity index (χ0v) is 24.5. The lowest BCUT2D eigenvalue weighted by molar-refractivity contribution is -0.384. The molecule has 0 unspecified atom stereocenters. The number of hydrogen-bond donors (Lipinski definition) is 1. The number of methoxy groups -OCH3 is 1. The van der Waals surface area contributed by atoms with Crippen molar-refractivity contribution < 1.29 is 14.5 Å².